The molecule has 2 atom stereocenters. The molecule has 2 nitrogen and oxygen atoms in total. The Morgan fingerprint density at radius 1 is 1.26 bits per heavy atom. The van der Waals surface area contributed by atoms with Gasteiger partial charge in [0, 0.05) is 6.42 Å². The molecular weight excluding hydrogens is 254 g/mol. The minimum absolute atomic E-state index is 0.389. The Bertz CT molecular complexity index is 415. The van der Waals surface area contributed by atoms with Crippen molar-refractivity contribution in [3.63, 3.8) is 0 Å². The SMILES string of the molecule is CCC1CCCCC1Oc1ccc(CC(N)=S)cc1. The van der Waals surface area contributed by atoms with E-state index in [1.54, 1.807) is 0 Å². The Morgan fingerprint density at radius 2 is 1.95 bits per heavy atom. The first kappa shape index (κ1) is 14.3. The van der Waals surface area contributed by atoms with E-state index in [4.69, 9.17) is 22.7 Å². The van der Waals surface area contributed by atoms with Gasteiger partial charge in [-0.25, -0.2) is 0 Å². The van der Waals surface area contributed by atoms with Crippen molar-refractivity contribution in [2.45, 2.75) is 51.6 Å². The first-order chi connectivity index (χ1) is 9.19. The van der Waals surface area contributed by atoms with Crippen LogP contribution < -0.4 is 10.5 Å². The van der Waals surface area contributed by atoms with E-state index >= 15 is 0 Å². The molecule has 2 rings (SSSR count). The summed E-state index contributed by atoms with van der Waals surface area (Å²) in [4.78, 5) is 0.534. The molecule has 1 aliphatic carbocycles. The molecule has 1 saturated carbocycles. The molecule has 2 unspecified atom stereocenters. The normalized spacial score (nSPS) is 23.0. The predicted molar refractivity (Wildman–Crippen MR) is 83.6 cm³/mol. The van der Waals surface area contributed by atoms with E-state index in [0.29, 0.717) is 23.4 Å². The average Bonchev–Trinajstić information content (AvgIpc) is 2.41. The van der Waals surface area contributed by atoms with Crippen molar-refractivity contribution >= 4 is 17.2 Å². The highest BCUT2D eigenvalue weighted by Gasteiger charge is 2.25. The number of ether oxygens (including phenoxy) is 1. The van der Waals surface area contributed by atoms with Gasteiger partial charge in [-0.1, -0.05) is 37.7 Å². The summed E-state index contributed by atoms with van der Waals surface area (Å²) in [5.74, 6) is 1.68. The Kier molecular flexibility index (Phi) is 5.20. The van der Waals surface area contributed by atoms with E-state index in [-0.39, 0.29) is 0 Å². The van der Waals surface area contributed by atoms with Crippen LogP contribution in [0.4, 0.5) is 0 Å². The standard InChI is InChI=1S/C16H23NOS/c1-2-13-5-3-4-6-15(13)18-14-9-7-12(8-10-14)11-16(17)19/h7-10,13,15H,2-6,11H2,1H3,(H2,17,19). The van der Waals surface area contributed by atoms with Gasteiger partial charge in [-0.3, -0.25) is 0 Å². The Labute approximate surface area is 121 Å². The van der Waals surface area contributed by atoms with E-state index in [0.717, 1.165) is 11.3 Å². The maximum Gasteiger partial charge on any atom is 0.119 e. The van der Waals surface area contributed by atoms with Gasteiger partial charge in [0.25, 0.3) is 0 Å². The molecule has 0 amide bonds. The summed E-state index contributed by atoms with van der Waals surface area (Å²) in [6.07, 6.45) is 7.40. The van der Waals surface area contributed by atoms with E-state index < -0.39 is 0 Å². The van der Waals surface area contributed by atoms with Gasteiger partial charge in [0.15, 0.2) is 0 Å². The lowest BCUT2D eigenvalue weighted by Gasteiger charge is -2.31. The van der Waals surface area contributed by atoms with Crippen molar-refractivity contribution in [2.24, 2.45) is 11.7 Å². The minimum Gasteiger partial charge on any atom is -0.490 e. The molecule has 3 heteroatoms. The molecule has 0 heterocycles. The summed E-state index contributed by atoms with van der Waals surface area (Å²) in [6.45, 7) is 2.26. The van der Waals surface area contributed by atoms with Crippen LogP contribution in [0.2, 0.25) is 0 Å². The summed E-state index contributed by atoms with van der Waals surface area (Å²) < 4.78 is 6.15. The summed E-state index contributed by atoms with van der Waals surface area (Å²) in [7, 11) is 0. The smallest absolute Gasteiger partial charge is 0.119 e. The molecule has 0 bridgehead atoms. The number of benzene rings is 1. The highest BCUT2D eigenvalue weighted by molar-refractivity contribution is 7.80. The zero-order valence-electron chi connectivity index (χ0n) is 11.6. The van der Waals surface area contributed by atoms with Crippen molar-refractivity contribution in [3.05, 3.63) is 29.8 Å². The quantitative estimate of drug-likeness (QED) is 0.830. The second-order valence-corrected chi connectivity index (χ2v) is 5.92. The third-order valence-corrected chi connectivity index (χ3v) is 4.10. The second-order valence-electron chi connectivity index (χ2n) is 5.40. The van der Waals surface area contributed by atoms with Crippen molar-refractivity contribution < 1.29 is 4.74 Å². The van der Waals surface area contributed by atoms with Crippen LogP contribution in [0.5, 0.6) is 5.75 Å². The highest BCUT2D eigenvalue weighted by Crippen LogP contribution is 2.30. The van der Waals surface area contributed by atoms with Crippen LogP contribution in [0.1, 0.15) is 44.6 Å². The molecule has 1 aromatic carbocycles. The predicted octanol–water partition coefficient (Wildman–Crippen LogP) is 3.86. The molecule has 1 fully saturated rings. The van der Waals surface area contributed by atoms with E-state index in [9.17, 15) is 0 Å². The van der Waals surface area contributed by atoms with Gasteiger partial charge >= 0.3 is 0 Å². The Hall–Kier alpha value is -1.09. The number of nitrogens with two attached hydrogens (primary N) is 1. The van der Waals surface area contributed by atoms with Crippen LogP contribution >= 0.6 is 12.2 Å². The van der Waals surface area contributed by atoms with Gasteiger partial charge in [-0.15, -0.1) is 0 Å². The van der Waals surface area contributed by atoms with Crippen LogP contribution in [0.3, 0.4) is 0 Å². The zero-order valence-corrected chi connectivity index (χ0v) is 12.4. The van der Waals surface area contributed by atoms with Crippen LogP contribution in [0.25, 0.3) is 0 Å². The molecular formula is C16H23NOS. The number of thiocarbonyl (C=S) groups is 1. The number of rotatable bonds is 5. The van der Waals surface area contributed by atoms with E-state index in [2.05, 4.69) is 19.1 Å². The lowest BCUT2D eigenvalue weighted by molar-refractivity contribution is 0.0904. The van der Waals surface area contributed by atoms with Crippen LogP contribution in [0, 0.1) is 5.92 Å². The summed E-state index contributed by atoms with van der Waals surface area (Å²) in [6, 6.07) is 8.18. The molecule has 0 aromatic heterocycles. The molecule has 2 N–H and O–H groups in total. The molecule has 19 heavy (non-hydrogen) atoms. The molecule has 0 saturated heterocycles. The summed E-state index contributed by atoms with van der Waals surface area (Å²) >= 11 is 4.92. The molecule has 0 aliphatic heterocycles. The first-order valence-corrected chi connectivity index (χ1v) is 7.63. The monoisotopic (exact) mass is 277 g/mol. The van der Waals surface area contributed by atoms with E-state index in [1.807, 2.05) is 12.1 Å². The third-order valence-electron chi connectivity index (χ3n) is 3.95. The summed E-state index contributed by atoms with van der Waals surface area (Å²) in [5, 5.41) is 0. The average molecular weight is 277 g/mol. The number of hydrogen-bond acceptors (Lipinski definition) is 2. The fourth-order valence-corrected chi connectivity index (χ4v) is 3.02. The van der Waals surface area contributed by atoms with Gasteiger partial charge in [0.2, 0.25) is 0 Å². The van der Waals surface area contributed by atoms with Crippen LogP contribution in [0.15, 0.2) is 24.3 Å². The molecule has 0 radical (unpaired) electrons. The van der Waals surface area contributed by atoms with Crippen molar-refractivity contribution in [2.75, 3.05) is 0 Å². The van der Waals surface area contributed by atoms with Crippen molar-refractivity contribution in [1.29, 1.82) is 0 Å². The maximum absolute atomic E-state index is 6.15. The Balaban J connectivity index is 1.96. The van der Waals surface area contributed by atoms with Gasteiger partial charge in [0.1, 0.15) is 11.9 Å². The number of hydrogen-bond donors (Lipinski definition) is 1. The fraction of sp³-hybridized carbons (Fsp3) is 0.562. The zero-order chi connectivity index (χ0) is 13.7. The Morgan fingerprint density at radius 3 is 2.58 bits per heavy atom. The van der Waals surface area contributed by atoms with Crippen LogP contribution in [-0.4, -0.2) is 11.1 Å². The van der Waals surface area contributed by atoms with Gasteiger partial charge in [-0.2, -0.15) is 0 Å². The topological polar surface area (TPSA) is 35.2 Å². The third kappa shape index (κ3) is 4.20. The first-order valence-electron chi connectivity index (χ1n) is 7.23. The summed E-state index contributed by atoms with van der Waals surface area (Å²) in [5.41, 5.74) is 6.70. The molecule has 0 spiro atoms. The fourth-order valence-electron chi connectivity index (χ4n) is 2.86. The molecule has 1 aliphatic rings. The maximum atomic E-state index is 6.15. The lowest BCUT2D eigenvalue weighted by Crippen LogP contribution is -2.29. The van der Waals surface area contributed by atoms with Crippen LogP contribution in [-0.2, 0) is 6.42 Å². The lowest BCUT2D eigenvalue weighted by atomic mass is 9.85. The minimum atomic E-state index is 0.389. The molecule has 104 valence electrons. The van der Waals surface area contributed by atoms with Gasteiger partial charge in [-0.05, 0) is 49.3 Å². The highest BCUT2D eigenvalue weighted by atomic mass is 32.1. The van der Waals surface area contributed by atoms with Crippen molar-refractivity contribution in [1.82, 2.24) is 0 Å². The van der Waals surface area contributed by atoms with Gasteiger partial charge in [0.05, 0.1) is 4.99 Å². The van der Waals surface area contributed by atoms with Crippen molar-refractivity contribution in [3.8, 4) is 5.75 Å². The second kappa shape index (κ2) is 6.90. The van der Waals surface area contributed by atoms with Gasteiger partial charge < -0.3 is 10.5 Å². The van der Waals surface area contributed by atoms with E-state index in [1.165, 1.54) is 32.1 Å². The molecule has 1 aromatic rings. The largest absolute Gasteiger partial charge is 0.490 e.